The summed E-state index contributed by atoms with van der Waals surface area (Å²) in [5.41, 5.74) is 0. The standard InChI is InChI=1S/C10H11N3O/c1-6-11-10(12-7-1)13-8-2-4-9(14-13)5-3-8/h1-2,4,6-9H,3,5H2. The van der Waals surface area contributed by atoms with Gasteiger partial charge in [0.2, 0.25) is 5.95 Å². The van der Waals surface area contributed by atoms with Gasteiger partial charge in [0, 0.05) is 12.4 Å². The molecule has 1 fully saturated rings. The van der Waals surface area contributed by atoms with Gasteiger partial charge in [0.05, 0.1) is 6.04 Å². The second kappa shape index (κ2) is 3.06. The Morgan fingerprint density at radius 3 is 2.64 bits per heavy atom. The van der Waals surface area contributed by atoms with Crippen molar-refractivity contribution in [2.45, 2.75) is 25.0 Å². The number of rotatable bonds is 1. The van der Waals surface area contributed by atoms with Crippen molar-refractivity contribution in [3.8, 4) is 0 Å². The molecule has 2 unspecified atom stereocenters. The van der Waals surface area contributed by atoms with Crippen LogP contribution in [0.3, 0.4) is 0 Å². The van der Waals surface area contributed by atoms with Crippen LogP contribution in [0.2, 0.25) is 0 Å². The van der Waals surface area contributed by atoms with E-state index in [2.05, 4.69) is 22.1 Å². The SMILES string of the molecule is C1=CC2CCC1ON2c1ncccn1. The van der Waals surface area contributed by atoms with Crippen LogP contribution in [0.1, 0.15) is 12.8 Å². The molecule has 0 amide bonds. The van der Waals surface area contributed by atoms with E-state index < -0.39 is 0 Å². The molecule has 2 bridgehead atoms. The summed E-state index contributed by atoms with van der Waals surface area (Å²) >= 11 is 0. The second-order valence-electron chi connectivity index (χ2n) is 3.55. The van der Waals surface area contributed by atoms with E-state index in [0.717, 1.165) is 12.8 Å². The molecule has 0 aromatic carbocycles. The molecule has 1 aromatic heterocycles. The van der Waals surface area contributed by atoms with Crippen LogP contribution in [0.15, 0.2) is 30.6 Å². The molecule has 2 atom stereocenters. The van der Waals surface area contributed by atoms with Gasteiger partial charge in [0.25, 0.3) is 0 Å². The summed E-state index contributed by atoms with van der Waals surface area (Å²) in [6.07, 6.45) is 10.2. The summed E-state index contributed by atoms with van der Waals surface area (Å²) in [5, 5.41) is 1.81. The summed E-state index contributed by atoms with van der Waals surface area (Å²) in [4.78, 5) is 14.0. The van der Waals surface area contributed by atoms with Crippen molar-refractivity contribution in [2.75, 3.05) is 5.06 Å². The molecule has 1 aliphatic carbocycles. The number of aromatic nitrogens is 2. The number of nitrogens with zero attached hydrogens (tertiary/aromatic N) is 3. The van der Waals surface area contributed by atoms with Crippen molar-refractivity contribution in [1.29, 1.82) is 0 Å². The van der Waals surface area contributed by atoms with Crippen molar-refractivity contribution in [2.24, 2.45) is 0 Å². The fraction of sp³-hybridized carbons (Fsp3) is 0.400. The Labute approximate surface area is 82.2 Å². The van der Waals surface area contributed by atoms with Crippen molar-refractivity contribution in [1.82, 2.24) is 9.97 Å². The first-order valence-electron chi connectivity index (χ1n) is 4.85. The van der Waals surface area contributed by atoms with Crippen LogP contribution in [-0.2, 0) is 4.84 Å². The quantitative estimate of drug-likeness (QED) is 0.624. The first-order chi connectivity index (χ1) is 6.93. The Balaban J connectivity index is 1.91. The predicted octanol–water partition coefficient (Wildman–Crippen LogP) is 1.32. The summed E-state index contributed by atoms with van der Waals surface area (Å²) in [6, 6.07) is 2.11. The Morgan fingerprint density at radius 2 is 2.07 bits per heavy atom. The molecule has 72 valence electrons. The maximum Gasteiger partial charge on any atom is 0.250 e. The van der Waals surface area contributed by atoms with E-state index >= 15 is 0 Å². The highest BCUT2D eigenvalue weighted by molar-refractivity contribution is 5.32. The smallest absolute Gasteiger partial charge is 0.250 e. The number of hydrogen-bond acceptors (Lipinski definition) is 4. The van der Waals surface area contributed by atoms with Crippen LogP contribution >= 0.6 is 0 Å². The molecule has 3 aliphatic rings. The monoisotopic (exact) mass is 189 g/mol. The Morgan fingerprint density at radius 1 is 1.21 bits per heavy atom. The van der Waals surface area contributed by atoms with E-state index in [1.807, 2.05) is 11.1 Å². The average Bonchev–Trinajstić information content (AvgIpc) is 2.32. The molecule has 1 saturated heterocycles. The normalized spacial score (nSPS) is 29.6. The van der Waals surface area contributed by atoms with Gasteiger partial charge in [0.1, 0.15) is 6.10 Å². The Hall–Kier alpha value is -1.42. The van der Waals surface area contributed by atoms with Gasteiger partial charge in [0.15, 0.2) is 0 Å². The van der Waals surface area contributed by atoms with Gasteiger partial charge in [-0.1, -0.05) is 12.2 Å². The third-order valence-electron chi connectivity index (χ3n) is 2.59. The first-order valence-corrected chi connectivity index (χ1v) is 4.85. The summed E-state index contributed by atoms with van der Waals surface area (Å²) in [7, 11) is 0. The van der Waals surface area contributed by atoms with Crippen LogP contribution in [0.4, 0.5) is 5.95 Å². The Kier molecular flexibility index (Phi) is 1.73. The van der Waals surface area contributed by atoms with E-state index in [4.69, 9.17) is 4.84 Å². The zero-order chi connectivity index (χ0) is 9.38. The Bertz CT molecular complexity index is 352. The van der Waals surface area contributed by atoms with Gasteiger partial charge in [-0.05, 0) is 18.9 Å². The van der Waals surface area contributed by atoms with Crippen LogP contribution in [0.5, 0.6) is 0 Å². The zero-order valence-corrected chi connectivity index (χ0v) is 7.71. The molecule has 1 aromatic rings. The number of hydroxylamine groups is 1. The average molecular weight is 189 g/mol. The van der Waals surface area contributed by atoms with Crippen molar-refractivity contribution >= 4 is 5.95 Å². The molecule has 2 aliphatic heterocycles. The molecule has 0 N–H and O–H groups in total. The highest BCUT2D eigenvalue weighted by Crippen LogP contribution is 2.29. The van der Waals surface area contributed by atoms with E-state index in [0.29, 0.717) is 12.0 Å². The van der Waals surface area contributed by atoms with Crippen molar-refractivity contribution in [3.63, 3.8) is 0 Å². The molecule has 0 radical (unpaired) electrons. The lowest BCUT2D eigenvalue weighted by Crippen LogP contribution is -2.46. The van der Waals surface area contributed by atoms with Gasteiger partial charge >= 0.3 is 0 Å². The van der Waals surface area contributed by atoms with Gasteiger partial charge < -0.3 is 0 Å². The summed E-state index contributed by atoms with van der Waals surface area (Å²) in [6.45, 7) is 0. The lowest BCUT2D eigenvalue weighted by Gasteiger charge is -2.39. The number of anilines is 1. The summed E-state index contributed by atoms with van der Waals surface area (Å²) < 4.78 is 0. The molecule has 4 heteroatoms. The fourth-order valence-corrected chi connectivity index (χ4v) is 1.89. The molecule has 0 saturated carbocycles. The largest absolute Gasteiger partial charge is 0.263 e. The third kappa shape index (κ3) is 1.19. The molecule has 4 nitrogen and oxygen atoms in total. The van der Waals surface area contributed by atoms with Gasteiger partial charge in [-0.2, -0.15) is 0 Å². The van der Waals surface area contributed by atoms with Crippen LogP contribution in [-0.4, -0.2) is 22.1 Å². The van der Waals surface area contributed by atoms with Gasteiger partial charge in [-0.15, -0.1) is 0 Å². The minimum absolute atomic E-state index is 0.212. The van der Waals surface area contributed by atoms with E-state index in [1.165, 1.54) is 0 Å². The first kappa shape index (κ1) is 7.94. The second-order valence-corrected chi connectivity index (χ2v) is 3.55. The zero-order valence-electron chi connectivity index (χ0n) is 7.71. The maximum atomic E-state index is 5.69. The highest BCUT2D eigenvalue weighted by Gasteiger charge is 2.32. The number of fused-ring (bicyclic) bond motifs is 2. The predicted molar refractivity (Wildman–Crippen MR) is 51.5 cm³/mol. The minimum Gasteiger partial charge on any atom is -0.263 e. The van der Waals surface area contributed by atoms with Gasteiger partial charge in [-0.25, -0.2) is 15.0 Å². The van der Waals surface area contributed by atoms with E-state index in [-0.39, 0.29) is 6.10 Å². The number of hydrogen-bond donors (Lipinski definition) is 0. The summed E-state index contributed by atoms with van der Waals surface area (Å²) in [5.74, 6) is 0.659. The maximum absolute atomic E-state index is 5.69. The molecular formula is C10H11N3O. The lowest BCUT2D eigenvalue weighted by molar-refractivity contribution is 0.000655. The van der Waals surface area contributed by atoms with Crippen LogP contribution in [0, 0.1) is 0 Å². The minimum atomic E-state index is 0.212. The van der Waals surface area contributed by atoms with E-state index in [9.17, 15) is 0 Å². The van der Waals surface area contributed by atoms with Crippen LogP contribution < -0.4 is 5.06 Å². The molecule has 0 spiro atoms. The molecule has 3 heterocycles. The lowest BCUT2D eigenvalue weighted by atomic mass is 9.98. The topological polar surface area (TPSA) is 38.2 Å². The molecule has 14 heavy (non-hydrogen) atoms. The van der Waals surface area contributed by atoms with Crippen LogP contribution in [0.25, 0.3) is 0 Å². The third-order valence-corrected chi connectivity index (χ3v) is 2.59. The molecular weight excluding hydrogens is 178 g/mol. The fourth-order valence-electron chi connectivity index (χ4n) is 1.89. The highest BCUT2D eigenvalue weighted by atomic mass is 16.7. The van der Waals surface area contributed by atoms with Crippen molar-refractivity contribution in [3.05, 3.63) is 30.6 Å². The van der Waals surface area contributed by atoms with E-state index in [1.54, 1.807) is 12.4 Å². The van der Waals surface area contributed by atoms with Crippen molar-refractivity contribution < 1.29 is 4.84 Å². The molecule has 4 rings (SSSR count). The van der Waals surface area contributed by atoms with Gasteiger partial charge in [-0.3, -0.25) is 4.84 Å².